The Morgan fingerprint density at radius 2 is 2.14 bits per heavy atom. The van der Waals surface area contributed by atoms with E-state index < -0.39 is 30.5 Å². The maximum atomic E-state index is 12.8. The molecule has 1 aromatic rings. The van der Waals surface area contributed by atoms with Crippen LogP contribution in [0.1, 0.15) is 12.5 Å². The number of nitriles is 1. The van der Waals surface area contributed by atoms with Gasteiger partial charge < -0.3 is 9.84 Å². The third kappa shape index (κ3) is 2.82. The molecule has 0 aliphatic carbocycles. The summed E-state index contributed by atoms with van der Waals surface area (Å²) in [7, 11) is 0. The summed E-state index contributed by atoms with van der Waals surface area (Å²) >= 11 is 5.82. The van der Waals surface area contributed by atoms with Gasteiger partial charge in [-0.15, -0.1) is 0 Å². The molecule has 1 aliphatic heterocycles. The molecule has 1 amide bonds. The van der Waals surface area contributed by atoms with Gasteiger partial charge in [-0.1, -0.05) is 11.6 Å². The smallest absolute Gasteiger partial charge is 0.416 e. The zero-order valence-electron chi connectivity index (χ0n) is 11.1. The molecule has 1 aromatic carbocycles. The Kier molecular flexibility index (Phi) is 4.22. The highest BCUT2D eigenvalue weighted by molar-refractivity contribution is 6.32. The van der Waals surface area contributed by atoms with Crippen molar-refractivity contribution in [3.8, 4) is 6.07 Å². The molecule has 0 aromatic heterocycles. The van der Waals surface area contributed by atoms with E-state index >= 15 is 0 Å². The molecular formula is C13H10ClF3N2O3. The van der Waals surface area contributed by atoms with Crippen LogP contribution >= 0.6 is 11.6 Å². The number of hydrogen-bond acceptors (Lipinski definition) is 4. The minimum absolute atomic E-state index is 0.00616. The van der Waals surface area contributed by atoms with E-state index in [2.05, 4.69) is 0 Å². The van der Waals surface area contributed by atoms with Gasteiger partial charge in [0, 0.05) is 5.69 Å². The monoisotopic (exact) mass is 334 g/mol. The number of alkyl halides is 3. The number of cyclic esters (lactones) is 1. The summed E-state index contributed by atoms with van der Waals surface area (Å²) in [5.74, 6) is 0. The number of aliphatic hydroxyl groups excluding tert-OH is 1. The van der Waals surface area contributed by atoms with Crippen LogP contribution in [0.3, 0.4) is 0 Å². The van der Waals surface area contributed by atoms with Crippen LogP contribution in [0.5, 0.6) is 0 Å². The van der Waals surface area contributed by atoms with Crippen molar-refractivity contribution in [2.45, 2.75) is 31.3 Å². The fourth-order valence-corrected chi connectivity index (χ4v) is 2.45. The molecule has 0 saturated carbocycles. The lowest BCUT2D eigenvalue weighted by molar-refractivity contribution is -0.212. The quantitative estimate of drug-likeness (QED) is 0.902. The predicted molar refractivity (Wildman–Crippen MR) is 70.4 cm³/mol. The maximum Gasteiger partial charge on any atom is 0.416 e. The van der Waals surface area contributed by atoms with Gasteiger partial charge in [0.2, 0.25) is 0 Å². The van der Waals surface area contributed by atoms with Crippen LogP contribution in [0.4, 0.5) is 23.7 Å². The zero-order valence-corrected chi connectivity index (χ0v) is 11.9. The number of carbonyl (C=O) groups is 1. The minimum Gasteiger partial charge on any atom is -0.444 e. The van der Waals surface area contributed by atoms with Gasteiger partial charge in [0.25, 0.3) is 0 Å². The maximum absolute atomic E-state index is 12.8. The molecule has 0 bridgehead atoms. The molecule has 2 rings (SSSR count). The summed E-state index contributed by atoms with van der Waals surface area (Å²) in [5, 5.41) is 18.3. The van der Waals surface area contributed by atoms with Crippen LogP contribution in [0.25, 0.3) is 0 Å². The van der Waals surface area contributed by atoms with E-state index in [4.69, 9.17) is 21.6 Å². The standard InChI is InChI=1S/C13H10ClF3N2O3/c1-6-10(11(20)13(15,16)17)19(12(21)22-6)8-3-2-7(5-18)9(14)4-8/h2-4,6,10-11,20H,1H3/t6-,10-,11-/m1/s1. The van der Waals surface area contributed by atoms with Crippen LogP contribution in [0.2, 0.25) is 5.02 Å². The molecular weight excluding hydrogens is 325 g/mol. The topological polar surface area (TPSA) is 73.6 Å². The number of carbonyl (C=O) groups excluding carboxylic acids is 1. The average molecular weight is 335 g/mol. The SMILES string of the molecule is C[C@H]1OC(=O)N(c2ccc(C#N)c(Cl)c2)[C@H]1[C@@H](O)C(F)(F)F. The number of hydrogen-bond donors (Lipinski definition) is 1. The van der Waals surface area contributed by atoms with E-state index in [0.717, 1.165) is 0 Å². The van der Waals surface area contributed by atoms with Crippen LogP contribution in [-0.2, 0) is 4.74 Å². The summed E-state index contributed by atoms with van der Waals surface area (Å²) < 4.78 is 43.1. The molecule has 0 radical (unpaired) electrons. The number of benzene rings is 1. The Morgan fingerprint density at radius 3 is 2.64 bits per heavy atom. The van der Waals surface area contributed by atoms with Gasteiger partial charge in [-0.05, 0) is 25.1 Å². The van der Waals surface area contributed by atoms with Gasteiger partial charge in [-0.3, -0.25) is 4.90 Å². The molecule has 5 nitrogen and oxygen atoms in total. The van der Waals surface area contributed by atoms with Crippen molar-refractivity contribution in [2.75, 3.05) is 4.90 Å². The fourth-order valence-electron chi connectivity index (χ4n) is 2.23. The van der Waals surface area contributed by atoms with E-state index in [1.807, 2.05) is 0 Å². The first kappa shape index (κ1) is 16.4. The highest BCUT2D eigenvalue weighted by atomic mass is 35.5. The molecule has 1 N–H and O–H groups in total. The van der Waals surface area contributed by atoms with Crippen molar-refractivity contribution in [3.63, 3.8) is 0 Å². The number of nitrogens with zero attached hydrogens (tertiary/aromatic N) is 2. The third-order valence-corrected chi connectivity index (χ3v) is 3.59. The van der Waals surface area contributed by atoms with Gasteiger partial charge in [0.05, 0.1) is 10.6 Å². The van der Waals surface area contributed by atoms with Crippen LogP contribution in [0.15, 0.2) is 18.2 Å². The Labute approximate surface area is 128 Å². The Bertz CT molecular complexity index is 644. The predicted octanol–water partition coefficient (Wildman–Crippen LogP) is 2.85. The van der Waals surface area contributed by atoms with Crippen LogP contribution in [0, 0.1) is 11.3 Å². The van der Waals surface area contributed by atoms with Crippen LogP contribution in [-0.4, -0.2) is 35.6 Å². The van der Waals surface area contributed by atoms with E-state index in [1.165, 1.54) is 25.1 Å². The first-order valence-electron chi connectivity index (χ1n) is 6.11. The number of rotatable bonds is 2. The Hall–Kier alpha value is -1.98. The molecule has 9 heteroatoms. The number of halogens is 4. The number of anilines is 1. The summed E-state index contributed by atoms with van der Waals surface area (Å²) in [6, 6.07) is 3.86. The van der Waals surface area contributed by atoms with Gasteiger partial charge in [0.1, 0.15) is 18.2 Å². The molecule has 0 spiro atoms. The van der Waals surface area contributed by atoms with E-state index in [0.29, 0.717) is 4.90 Å². The van der Waals surface area contributed by atoms with Gasteiger partial charge >= 0.3 is 12.3 Å². The van der Waals surface area contributed by atoms with Gasteiger partial charge in [-0.25, -0.2) is 4.79 Å². The molecule has 1 aliphatic rings. The molecule has 3 atom stereocenters. The summed E-state index contributed by atoms with van der Waals surface area (Å²) in [6.45, 7) is 1.25. The highest BCUT2D eigenvalue weighted by Crippen LogP contribution is 2.35. The number of aliphatic hydroxyl groups is 1. The Morgan fingerprint density at radius 1 is 1.50 bits per heavy atom. The molecule has 1 saturated heterocycles. The van der Waals surface area contributed by atoms with E-state index in [-0.39, 0.29) is 16.3 Å². The first-order valence-corrected chi connectivity index (χ1v) is 6.49. The van der Waals surface area contributed by atoms with Crippen LogP contribution < -0.4 is 4.90 Å². The van der Waals surface area contributed by atoms with E-state index in [9.17, 15) is 23.1 Å². The highest BCUT2D eigenvalue weighted by Gasteiger charge is 2.54. The molecule has 0 unspecified atom stereocenters. The van der Waals surface area contributed by atoms with Crippen molar-refractivity contribution < 1.29 is 27.8 Å². The molecule has 22 heavy (non-hydrogen) atoms. The normalized spacial score (nSPS) is 23.1. The summed E-state index contributed by atoms with van der Waals surface area (Å²) in [6.07, 6.45) is -9.88. The van der Waals surface area contributed by atoms with E-state index in [1.54, 1.807) is 6.07 Å². The van der Waals surface area contributed by atoms with Crippen molar-refractivity contribution in [2.24, 2.45) is 0 Å². The molecule has 1 fully saturated rings. The second-order valence-electron chi connectivity index (χ2n) is 4.71. The van der Waals surface area contributed by atoms with Crippen molar-refractivity contribution in [1.82, 2.24) is 0 Å². The van der Waals surface area contributed by atoms with Crippen molar-refractivity contribution >= 4 is 23.4 Å². The zero-order chi connectivity index (χ0) is 16.7. The second kappa shape index (κ2) is 5.66. The number of amides is 1. The third-order valence-electron chi connectivity index (χ3n) is 3.27. The lowest BCUT2D eigenvalue weighted by Gasteiger charge is -2.29. The number of ether oxygens (including phenoxy) is 1. The summed E-state index contributed by atoms with van der Waals surface area (Å²) in [4.78, 5) is 12.5. The second-order valence-corrected chi connectivity index (χ2v) is 5.12. The Balaban J connectivity index is 2.44. The van der Waals surface area contributed by atoms with Gasteiger partial charge in [-0.2, -0.15) is 18.4 Å². The van der Waals surface area contributed by atoms with Crippen molar-refractivity contribution in [1.29, 1.82) is 5.26 Å². The van der Waals surface area contributed by atoms with Crippen molar-refractivity contribution in [3.05, 3.63) is 28.8 Å². The minimum atomic E-state index is -4.92. The lowest BCUT2D eigenvalue weighted by Crippen LogP contribution is -2.51. The first-order chi connectivity index (χ1) is 10.2. The summed E-state index contributed by atoms with van der Waals surface area (Å²) in [5.41, 5.74) is 0.116. The fraction of sp³-hybridized carbons (Fsp3) is 0.385. The van der Waals surface area contributed by atoms with Gasteiger partial charge in [0.15, 0.2) is 6.10 Å². The molecule has 118 valence electrons. The lowest BCUT2D eigenvalue weighted by atomic mass is 10.0. The largest absolute Gasteiger partial charge is 0.444 e. The average Bonchev–Trinajstić information content (AvgIpc) is 2.71. The molecule has 1 heterocycles.